The molecule has 2 aromatic carbocycles. The average Bonchev–Trinajstić information content (AvgIpc) is 2.99. The smallest absolute Gasteiger partial charge is 0.419 e. The summed E-state index contributed by atoms with van der Waals surface area (Å²) in [6.07, 6.45) is -7.78. The van der Waals surface area contributed by atoms with Crippen LogP contribution in [0.3, 0.4) is 0 Å². The standard InChI is InChI=1S/C30H32Cl2F6N2O4/c1-39-25(17-21(9-5-13-31)19-7-3-11-23(15-19)29(33,34)35)43-27(41)28(42)44-26(40-2)18-22(10-6-14-32)20-8-4-12-24(16-20)30(36,37)38/h3-4,7-12,15-16,25-26,39-40H,5-6,13-14,17-18H2,1-2H3. The molecular formula is C30H32Cl2F6N2O4. The van der Waals surface area contributed by atoms with Crippen LogP contribution in [0.15, 0.2) is 60.7 Å². The number of nitrogens with one attached hydrogen (secondary N) is 2. The van der Waals surface area contributed by atoms with Gasteiger partial charge in [0.1, 0.15) is 0 Å². The number of rotatable bonds is 14. The van der Waals surface area contributed by atoms with Crippen LogP contribution in [0.5, 0.6) is 0 Å². The van der Waals surface area contributed by atoms with Gasteiger partial charge in [0.05, 0.1) is 11.1 Å². The van der Waals surface area contributed by atoms with Gasteiger partial charge in [-0.1, -0.05) is 36.4 Å². The first-order valence-corrected chi connectivity index (χ1v) is 14.4. The molecule has 14 heteroatoms. The number of allylic oxidation sites excluding steroid dienone is 2. The average molecular weight is 669 g/mol. The molecule has 0 spiro atoms. The third-order valence-electron chi connectivity index (χ3n) is 6.24. The van der Waals surface area contributed by atoms with Crippen LogP contribution in [0.1, 0.15) is 47.9 Å². The van der Waals surface area contributed by atoms with Crippen LogP contribution in [0.4, 0.5) is 26.3 Å². The highest BCUT2D eigenvalue weighted by Gasteiger charge is 2.32. The lowest BCUT2D eigenvalue weighted by molar-refractivity contribution is -0.175. The molecule has 242 valence electrons. The summed E-state index contributed by atoms with van der Waals surface area (Å²) in [5.41, 5.74) is -0.497. The molecule has 0 aliphatic heterocycles. The molecule has 2 rings (SSSR count). The van der Waals surface area contributed by atoms with Gasteiger partial charge in [-0.05, 0) is 73.5 Å². The third kappa shape index (κ3) is 11.8. The molecule has 0 aliphatic carbocycles. The molecule has 0 bridgehead atoms. The second kappa shape index (κ2) is 17.4. The number of carbonyl (C=O) groups excluding carboxylic acids is 2. The summed E-state index contributed by atoms with van der Waals surface area (Å²) in [6.45, 7) is 0. The minimum atomic E-state index is -4.57. The van der Waals surface area contributed by atoms with E-state index in [2.05, 4.69) is 10.6 Å². The predicted octanol–water partition coefficient (Wildman–Crippen LogP) is 7.41. The van der Waals surface area contributed by atoms with E-state index >= 15 is 0 Å². The van der Waals surface area contributed by atoms with E-state index in [9.17, 15) is 35.9 Å². The van der Waals surface area contributed by atoms with Crippen molar-refractivity contribution < 1.29 is 45.4 Å². The van der Waals surface area contributed by atoms with Crippen molar-refractivity contribution in [2.75, 3.05) is 25.9 Å². The number of alkyl halides is 8. The Morgan fingerprint density at radius 3 is 1.39 bits per heavy atom. The Kier molecular flexibility index (Phi) is 14.7. The third-order valence-corrected chi connectivity index (χ3v) is 6.68. The van der Waals surface area contributed by atoms with Crippen molar-refractivity contribution >= 4 is 46.3 Å². The van der Waals surface area contributed by atoms with Crippen LogP contribution in [-0.4, -0.2) is 50.2 Å². The van der Waals surface area contributed by atoms with Crippen molar-refractivity contribution in [3.05, 3.63) is 82.9 Å². The Hall–Kier alpha value is -3.06. The van der Waals surface area contributed by atoms with Crippen LogP contribution in [-0.2, 0) is 31.4 Å². The summed E-state index contributed by atoms with van der Waals surface area (Å²) in [4.78, 5) is 25.3. The maximum absolute atomic E-state index is 13.3. The van der Waals surface area contributed by atoms with Crippen molar-refractivity contribution in [1.82, 2.24) is 10.6 Å². The van der Waals surface area contributed by atoms with Crippen molar-refractivity contribution in [3.8, 4) is 0 Å². The van der Waals surface area contributed by atoms with Gasteiger partial charge in [-0.25, -0.2) is 9.59 Å². The van der Waals surface area contributed by atoms with Gasteiger partial charge in [0.15, 0.2) is 12.5 Å². The normalized spacial score (nSPS) is 14.2. The Bertz CT molecular complexity index is 1220. The fourth-order valence-electron chi connectivity index (χ4n) is 4.05. The van der Waals surface area contributed by atoms with Crippen molar-refractivity contribution in [2.45, 2.75) is 50.5 Å². The monoisotopic (exact) mass is 668 g/mol. The Morgan fingerprint density at radius 1 is 0.727 bits per heavy atom. The Labute approximate surface area is 261 Å². The van der Waals surface area contributed by atoms with Gasteiger partial charge in [-0.3, -0.25) is 10.6 Å². The number of carbonyl (C=O) groups is 2. The molecule has 2 N–H and O–H groups in total. The molecular weight excluding hydrogens is 637 g/mol. The topological polar surface area (TPSA) is 76.7 Å². The molecule has 0 fully saturated rings. The molecule has 0 aliphatic rings. The Balaban J connectivity index is 2.17. The number of esters is 2. The quantitative estimate of drug-likeness (QED) is 0.0718. The summed E-state index contributed by atoms with van der Waals surface area (Å²) >= 11 is 11.5. The number of hydrogen-bond donors (Lipinski definition) is 2. The fourth-order valence-corrected chi connectivity index (χ4v) is 4.26. The second-order valence-electron chi connectivity index (χ2n) is 9.34. The molecule has 2 atom stereocenters. The first kappa shape index (κ1) is 37.1. The first-order valence-electron chi connectivity index (χ1n) is 13.3. The summed E-state index contributed by atoms with van der Waals surface area (Å²) in [7, 11) is 2.85. The van der Waals surface area contributed by atoms with E-state index in [4.69, 9.17) is 32.7 Å². The lowest BCUT2D eigenvalue weighted by Gasteiger charge is -2.22. The van der Waals surface area contributed by atoms with E-state index in [-0.39, 0.29) is 35.7 Å². The fraction of sp³-hybridized carbons (Fsp3) is 0.400. The largest absolute Gasteiger partial charge is 0.438 e. The van der Waals surface area contributed by atoms with Gasteiger partial charge < -0.3 is 9.47 Å². The predicted molar refractivity (Wildman–Crippen MR) is 157 cm³/mol. The number of benzene rings is 2. The molecule has 0 heterocycles. The highest BCUT2D eigenvalue weighted by Crippen LogP contribution is 2.33. The Morgan fingerprint density at radius 2 is 1.09 bits per heavy atom. The van der Waals surface area contributed by atoms with E-state index in [0.717, 1.165) is 24.3 Å². The van der Waals surface area contributed by atoms with Gasteiger partial charge in [0.2, 0.25) is 0 Å². The van der Waals surface area contributed by atoms with Gasteiger partial charge in [-0.2, -0.15) is 26.3 Å². The number of ether oxygens (including phenoxy) is 2. The van der Waals surface area contributed by atoms with Crippen molar-refractivity contribution in [3.63, 3.8) is 0 Å². The molecule has 0 radical (unpaired) electrons. The maximum atomic E-state index is 13.3. The zero-order valence-corrected chi connectivity index (χ0v) is 25.3. The zero-order valence-electron chi connectivity index (χ0n) is 23.8. The highest BCUT2D eigenvalue weighted by molar-refractivity contribution is 6.29. The molecule has 0 amide bonds. The number of hydrogen-bond acceptors (Lipinski definition) is 6. The molecule has 44 heavy (non-hydrogen) atoms. The van der Waals surface area contributed by atoms with Crippen LogP contribution in [0, 0.1) is 0 Å². The van der Waals surface area contributed by atoms with Gasteiger partial charge in [-0.15, -0.1) is 23.2 Å². The minimum absolute atomic E-state index is 0.107. The molecule has 0 saturated heterocycles. The molecule has 0 saturated carbocycles. The van der Waals surface area contributed by atoms with Gasteiger partial charge >= 0.3 is 24.3 Å². The lowest BCUT2D eigenvalue weighted by Crippen LogP contribution is -2.38. The van der Waals surface area contributed by atoms with Gasteiger partial charge in [0.25, 0.3) is 0 Å². The van der Waals surface area contributed by atoms with E-state index in [1.54, 1.807) is 12.2 Å². The zero-order chi connectivity index (χ0) is 32.9. The van der Waals surface area contributed by atoms with Crippen LogP contribution in [0.25, 0.3) is 11.1 Å². The summed E-state index contributed by atoms with van der Waals surface area (Å²) in [5, 5.41) is 5.39. The van der Waals surface area contributed by atoms with Crippen LogP contribution >= 0.6 is 23.2 Å². The van der Waals surface area contributed by atoms with Gasteiger partial charge in [0, 0.05) is 24.6 Å². The van der Waals surface area contributed by atoms with Crippen molar-refractivity contribution in [2.24, 2.45) is 0 Å². The molecule has 2 unspecified atom stereocenters. The van der Waals surface area contributed by atoms with E-state index in [1.165, 1.54) is 38.4 Å². The van der Waals surface area contributed by atoms with Crippen molar-refractivity contribution in [1.29, 1.82) is 0 Å². The van der Waals surface area contributed by atoms with Crippen LogP contribution in [0.2, 0.25) is 0 Å². The summed E-state index contributed by atoms with van der Waals surface area (Å²) in [6, 6.07) is 9.20. The molecule has 2 aromatic rings. The van der Waals surface area contributed by atoms with E-state index in [0.29, 0.717) is 24.0 Å². The second-order valence-corrected chi connectivity index (χ2v) is 10.1. The first-order chi connectivity index (χ1) is 20.7. The minimum Gasteiger partial charge on any atom is -0.438 e. The molecule has 0 aromatic heterocycles. The number of halogens is 8. The maximum Gasteiger partial charge on any atom is 0.419 e. The SMILES string of the molecule is CNC(CC(=CCCCl)c1cccc(C(F)(F)F)c1)OC(=O)C(=O)OC(CC(=CCCCl)c1cccc(C(F)(F)F)c1)NC. The molecule has 6 nitrogen and oxygen atoms in total. The summed E-state index contributed by atoms with van der Waals surface area (Å²) in [5.74, 6) is -2.41. The highest BCUT2D eigenvalue weighted by atomic mass is 35.5. The lowest BCUT2D eigenvalue weighted by atomic mass is 9.98. The van der Waals surface area contributed by atoms with E-state index in [1.807, 2.05) is 0 Å². The summed E-state index contributed by atoms with van der Waals surface area (Å²) < 4.78 is 90.1. The van der Waals surface area contributed by atoms with E-state index < -0.39 is 47.9 Å². The van der Waals surface area contributed by atoms with Crippen LogP contribution < -0.4 is 10.6 Å².